The first-order valence-corrected chi connectivity index (χ1v) is 6.24. The fraction of sp³-hybridized carbons (Fsp3) is 0.200. The molecule has 2 aromatic rings. The Labute approximate surface area is 115 Å². The Bertz CT molecular complexity index is 599. The van der Waals surface area contributed by atoms with E-state index in [0.717, 1.165) is 0 Å². The normalized spacial score (nSPS) is 12.5. The zero-order valence-electron chi connectivity index (χ0n) is 10.3. The minimum atomic E-state index is -1.10. The van der Waals surface area contributed by atoms with Gasteiger partial charge in [-0.1, -0.05) is 41.9 Å². The van der Waals surface area contributed by atoms with E-state index in [1.54, 1.807) is 25.1 Å². The third-order valence-corrected chi connectivity index (χ3v) is 3.32. The molecular formula is C15H13ClF2O. The topological polar surface area (TPSA) is 20.2 Å². The van der Waals surface area contributed by atoms with Gasteiger partial charge in [0, 0.05) is 12.0 Å². The highest BCUT2D eigenvalue weighted by Crippen LogP contribution is 2.26. The number of rotatable bonds is 3. The summed E-state index contributed by atoms with van der Waals surface area (Å²) in [4.78, 5) is 0. The molecule has 0 saturated carbocycles. The van der Waals surface area contributed by atoms with Crippen molar-refractivity contribution in [2.24, 2.45) is 0 Å². The Kier molecular flexibility index (Phi) is 4.17. The molecule has 0 aliphatic rings. The van der Waals surface area contributed by atoms with E-state index in [4.69, 9.17) is 11.6 Å². The number of hydrogen-bond donors (Lipinski definition) is 1. The fourth-order valence-corrected chi connectivity index (χ4v) is 2.15. The summed E-state index contributed by atoms with van der Waals surface area (Å²) in [5.41, 5.74) is 0.878. The van der Waals surface area contributed by atoms with E-state index >= 15 is 0 Å². The van der Waals surface area contributed by atoms with Gasteiger partial charge in [-0.3, -0.25) is 0 Å². The molecule has 2 aromatic carbocycles. The summed E-state index contributed by atoms with van der Waals surface area (Å²) < 4.78 is 27.6. The van der Waals surface area contributed by atoms with Crippen molar-refractivity contribution in [3.8, 4) is 0 Å². The van der Waals surface area contributed by atoms with Gasteiger partial charge in [0.1, 0.15) is 11.6 Å². The molecule has 4 heteroatoms. The lowest BCUT2D eigenvalue weighted by atomic mass is 9.99. The Hall–Kier alpha value is -1.45. The van der Waals surface area contributed by atoms with Gasteiger partial charge in [-0.15, -0.1) is 0 Å². The minimum Gasteiger partial charge on any atom is -0.388 e. The van der Waals surface area contributed by atoms with Crippen molar-refractivity contribution in [2.75, 3.05) is 0 Å². The number of benzene rings is 2. The van der Waals surface area contributed by atoms with Crippen LogP contribution in [0.15, 0.2) is 36.4 Å². The molecule has 0 fully saturated rings. The molecule has 1 atom stereocenters. The minimum absolute atomic E-state index is 0.00517. The first-order chi connectivity index (χ1) is 9.00. The van der Waals surface area contributed by atoms with Crippen LogP contribution in [0, 0.1) is 18.6 Å². The van der Waals surface area contributed by atoms with Gasteiger partial charge < -0.3 is 5.11 Å². The van der Waals surface area contributed by atoms with Crippen LogP contribution >= 0.6 is 11.6 Å². The lowest BCUT2D eigenvalue weighted by Crippen LogP contribution is -2.07. The SMILES string of the molecule is Cc1cccc(C(O)Cc2cccc(Cl)c2F)c1F. The van der Waals surface area contributed by atoms with Crippen molar-refractivity contribution in [2.45, 2.75) is 19.4 Å². The Morgan fingerprint density at radius 3 is 2.53 bits per heavy atom. The van der Waals surface area contributed by atoms with Gasteiger partial charge in [-0.05, 0) is 24.1 Å². The maximum atomic E-state index is 13.9. The molecular weight excluding hydrogens is 270 g/mol. The molecule has 0 radical (unpaired) electrons. The van der Waals surface area contributed by atoms with E-state index in [-0.39, 0.29) is 22.6 Å². The monoisotopic (exact) mass is 282 g/mol. The quantitative estimate of drug-likeness (QED) is 0.894. The van der Waals surface area contributed by atoms with Gasteiger partial charge in [0.15, 0.2) is 0 Å². The van der Waals surface area contributed by atoms with Crippen LogP contribution in [0.2, 0.25) is 5.02 Å². The van der Waals surface area contributed by atoms with Crippen LogP contribution in [0.5, 0.6) is 0 Å². The number of aryl methyl sites for hydroxylation is 1. The van der Waals surface area contributed by atoms with Crippen molar-refractivity contribution < 1.29 is 13.9 Å². The molecule has 1 nitrogen and oxygen atoms in total. The predicted molar refractivity (Wildman–Crippen MR) is 71.2 cm³/mol. The average Bonchev–Trinajstić information content (AvgIpc) is 2.38. The van der Waals surface area contributed by atoms with Gasteiger partial charge in [0.05, 0.1) is 11.1 Å². The van der Waals surface area contributed by atoms with E-state index in [0.29, 0.717) is 5.56 Å². The molecule has 1 N–H and O–H groups in total. The van der Waals surface area contributed by atoms with Gasteiger partial charge in [-0.25, -0.2) is 8.78 Å². The van der Waals surface area contributed by atoms with Crippen LogP contribution in [-0.2, 0) is 6.42 Å². The van der Waals surface area contributed by atoms with Gasteiger partial charge in [-0.2, -0.15) is 0 Å². The third-order valence-electron chi connectivity index (χ3n) is 3.03. The highest BCUT2D eigenvalue weighted by Gasteiger charge is 2.17. The lowest BCUT2D eigenvalue weighted by Gasteiger charge is -2.14. The zero-order chi connectivity index (χ0) is 14.0. The molecule has 1 unspecified atom stereocenters. The fourth-order valence-electron chi connectivity index (χ4n) is 1.95. The van der Waals surface area contributed by atoms with Gasteiger partial charge in [0.25, 0.3) is 0 Å². The van der Waals surface area contributed by atoms with E-state index in [1.807, 2.05) is 0 Å². The van der Waals surface area contributed by atoms with Crippen molar-refractivity contribution in [1.82, 2.24) is 0 Å². The van der Waals surface area contributed by atoms with Crippen molar-refractivity contribution in [3.05, 3.63) is 69.7 Å². The maximum absolute atomic E-state index is 13.9. The van der Waals surface area contributed by atoms with Crippen LogP contribution in [0.4, 0.5) is 8.78 Å². The number of aliphatic hydroxyl groups is 1. The average molecular weight is 283 g/mol. The van der Waals surface area contributed by atoms with Crippen LogP contribution < -0.4 is 0 Å². The van der Waals surface area contributed by atoms with Gasteiger partial charge >= 0.3 is 0 Å². The Morgan fingerprint density at radius 1 is 1.11 bits per heavy atom. The summed E-state index contributed by atoms with van der Waals surface area (Å²) in [6.07, 6.45) is -1.12. The molecule has 0 saturated heterocycles. The molecule has 2 rings (SSSR count). The summed E-state index contributed by atoms with van der Waals surface area (Å²) in [5.74, 6) is -1.03. The lowest BCUT2D eigenvalue weighted by molar-refractivity contribution is 0.172. The molecule has 0 amide bonds. The smallest absolute Gasteiger partial charge is 0.145 e. The van der Waals surface area contributed by atoms with Crippen LogP contribution in [0.25, 0.3) is 0 Å². The van der Waals surface area contributed by atoms with Crippen LogP contribution in [0.3, 0.4) is 0 Å². The first-order valence-electron chi connectivity index (χ1n) is 5.86. The van der Waals surface area contributed by atoms with E-state index in [1.165, 1.54) is 18.2 Å². The van der Waals surface area contributed by atoms with E-state index in [9.17, 15) is 13.9 Å². The molecule has 19 heavy (non-hydrogen) atoms. The first kappa shape index (κ1) is 14.0. The third kappa shape index (κ3) is 2.94. The Morgan fingerprint density at radius 2 is 1.79 bits per heavy atom. The zero-order valence-corrected chi connectivity index (χ0v) is 11.1. The molecule has 0 spiro atoms. The highest BCUT2D eigenvalue weighted by molar-refractivity contribution is 6.30. The molecule has 100 valence electrons. The molecule has 0 bridgehead atoms. The largest absolute Gasteiger partial charge is 0.388 e. The standard InChI is InChI=1S/C15H13ClF2O/c1-9-4-2-6-11(14(9)17)13(19)8-10-5-3-7-12(16)15(10)18/h2-7,13,19H,8H2,1H3. The Balaban J connectivity index is 2.28. The van der Waals surface area contributed by atoms with E-state index in [2.05, 4.69) is 0 Å². The summed E-state index contributed by atoms with van der Waals surface area (Å²) in [5, 5.41) is 10.0. The van der Waals surface area contributed by atoms with Crippen LogP contribution in [0.1, 0.15) is 22.8 Å². The molecule has 0 aliphatic carbocycles. The summed E-state index contributed by atoms with van der Waals surface area (Å²) >= 11 is 5.67. The number of halogens is 3. The summed E-state index contributed by atoms with van der Waals surface area (Å²) in [7, 11) is 0. The highest BCUT2D eigenvalue weighted by atomic mass is 35.5. The predicted octanol–water partition coefficient (Wildman–Crippen LogP) is 4.20. The molecule has 0 aromatic heterocycles. The van der Waals surface area contributed by atoms with Crippen molar-refractivity contribution in [3.63, 3.8) is 0 Å². The number of hydrogen-bond acceptors (Lipinski definition) is 1. The summed E-state index contributed by atoms with van der Waals surface area (Å²) in [6, 6.07) is 9.32. The summed E-state index contributed by atoms with van der Waals surface area (Å²) in [6.45, 7) is 1.62. The second-order valence-electron chi connectivity index (χ2n) is 4.41. The number of aliphatic hydroxyl groups excluding tert-OH is 1. The van der Waals surface area contributed by atoms with Gasteiger partial charge in [0.2, 0.25) is 0 Å². The molecule has 0 heterocycles. The second kappa shape index (κ2) is 5.68. The van der Waals surface area contributed by atoms with Crippen molar-refractivity contribution >= 4 is 11.6 Å². The maximum Gasteiger partial charge on any atom is 0.145 e. The van der Waals surface area contributed by atoms with E-state index < -0.39 is 17.7 Å². The second-order valence-corrected chi connectivity index (χ2v) is 4.82. The molecule has 0 aliphatic heterocycles. The van der Waals surface area contributed by atoms with Crippen molar-refractivity contribution in [1.29, 1.82) is 0 Å². The van der Waals surface area contributed by atoms with Crippen LogP contribution in [-0.4, -0.2) is 5.11 Å².